The van der Waals surface area contributed by atoms with Crippen LogP contribution in [0, 0.1) is 5.92 Å². The Bertz CT molecular complexity index is 739. The van der Waals surface area contributed by atoms with E-state index in [1.165, 1.54) is 0 Å². The number of halogens is 13. The smallest absolute Gasteiger partial charge is 0.434 e. The van der Waals surface area contributed by atoms with Gasteiger partial charge in [-0.25, -0.2) is 9.18 Å². The molecule has 0 bridgehead atoms. The van der Waals surface area contributed by atoms with Crippen molar-refractivity contribution < 1.29 is 85.7 Å². The predicted octanol–water partition coefficient (Wildman–Crippen LogP) is 5.14. The zero-order chi connectivity index (χ0) is 28.9. The van der Waals surface area contributed by atoms with E-state index in [9.17, 15) is 71.5 Å². The second-order valence-electron chi connectivity index (χ2n) is 7.23. The van der Waals surface area contributed by atoms with E-state index in [1.807, 2.05) is 0 Å². The van der Waals surface area contributed by atoms with Gasteiger partial charge in [0.05, 0.1) is 18.9 Å². The summed E-state index contributed by atoms with van der Waals surface area (Å²) in [7, 11) is 0. The molecule has 0 saturated carbocycles. The molecule has 0 aromatic heterocycles. The number of ether oxygens (including phenoxy) is 3. The molecule has 0 fully saturated rings. The lowest BCUT2D eigenvalue weighted by molar-refractivity contribution is -0.316. The van der Waals surface area contributed by atoms with Crippen molar-refractivity contribution in [1.29, 1.82) is 0 Å². The van der Waals surface area contributed by atoms with Gasteiger partial charge in [0.1, 0.15) is 0 Å². The summed E-state index contributed by atoms with van der Waals surface area (Å²) in [4.78, 5) is 35.0. The Morgan fingerprint density at radius 2 is 1.08 bits per heavy atom. The van der Waals surface area contributed by atoms with Crippen molar-refractivity contribution >= 4 is 17.9 Å². The maximum Gasteiger partial charge on any atom is 0.434 e. The number of carbonyl (C=O) groups excluding carboxylic acids is 3. The normalized spacial score (nSPS) is 15.9. The van der Waals surface area contributed by atoms with Crippen LogP contribution in [0.5, 0.6) is 0 Å². The third-order valence-electron chi connectivity index (χ3n) is 4.21. The highest BCUT2D eigenvalue weighted by atomic mass is 19.4. The molecule has 0 rings (SSSR count). The second kappa shape index (κ2) is 11.7. The fourth-order valence-electron chi connectivity index (χ4n) is 2.12. The average molecular weight is 564 g/mol. The third kappa shape index (κ3) is 10.6. The van der Waals surface area contributed by atoms with Gasteiger partial charge < -0.3 is 14.2 Å². The van der Waals surface area contributed by atoms with E-state index in [1.54, 1.807) is 0 Å². The lowest BCUT2D eigenvalue weighted by Crippen LogP contribution is -2.47. The van der Waals surface area contributed by atoms with Gasteiger partial charge in [0.2, 0.25) is 5.67 Å². The molecule has 2 atom stereocenters. The zero-order valence-corrected chi connectivity index (χ0v) is 17.9. The van der Waals surface area contributed by atoms with Crippen molar-refractivity contribution in [3.05, 3.63) is 0 Å². The van der Waals surface area contributed by atoms with Crippen molar-refractivity contribution in [2.24, 2.45) is 5.92 Å². The molecule has 0 amide bonds. The van der Waals surface area contributed by atoms with Gasteiger partial charge in [0, 0.05) is 0 Å². The van der Waals surface area contributed by atoms with Gasteiger partial charge in [-0.05, 0) is 19.8 Å². The first-order valence-corrected chi connectivity index (χ1v) is 9.37. The molecule has 6 nitrogen and oxygen atoms in total. The van der Waals surface area contributed by atoms with Crippen LogP contribution in [0.1, 0.15) is 33.1 Å². The summed E-state index contributed by atoms with van der Waals surface area (Å²) in [6, 6.07) is 0. The number of hydrogen-bond acceptors (Lipinski definition) is 6. The molecule has 19 heteroatoms. The van der Waals surface area contributed by atoms with Gasteiger partial charge in [-0.15, -0.1) is 0 Å². The highest BCUT2D eigenvalue weighted by Gasteiger charge is 2.61. The minimum absolute atomic E-state index is 0.487. The Balaban J connectivity index is 5.80. The van der Waals surface area contributed by atoms with E-state index < -0.39 is 92.3 Å². The standard InChI is InChI=1S/C17H17F13O6/c1-3-13(2,18)12(33)34-5-4-7(9(32)36-11(16(25,26)27)17(28,29)30)6-8(31)35-10(14(19,20)21)15(22,23)24/h7,10-11H,3-6H2,1-2H3. The van der Waals surface area contributed by atoms with Crippen LogP contribution in [0.3, 0.4) is 0 Å². The van der Waals surface area contributed by atoms with Crippen LogP contribution >= 0.6 is 0 Å². The number of carbonyl (C=O) groups is 3. The highest BCUT2D eigenvalue weighted by Crippen LogP contribution is 2.38. The van der Waals surface area contributed by atoms with Crippen LogP contribution in [-0.4, -0.2) is 67.1 Å². The molecule has 0 aliphatic rings. The Kier molecular flexibility index (Phi) is 10.9. The summed E-state index contributed by atoms with van der Waals surface area (Å²) in [5.41, 5.74) is -2.65. The van der Waals surface area contributed by atoms with Crippen molar-refractivity contribution in [3.63, 3.8) is 0 Å². The van der Waals surface area contributed by atoms with Crippen LogP contribution < -0.4 is 0 Å². The quantitative estimate of drug-likeness (QED) is 0.208. The summed E-state index contributed by atoms with van der Waals surface area (Å²) >= 11 is 0. The molecule has 0 saturated heterocycles. The monoisotopic (exact) mass is 564 g/mol. The SMILES string of the molecule is CCC(C)(F)C(=O)OCCC(CC(=O)OC(C(F)(F)F)C(F)(F)F)C(=O)OC(C(F)(F)F)C(F)(F)F. The van der Waals surface area contributed by atoms with Gasteiger partial charge in [-0.3, -0.25) is 9.59 Å². The Morgan fingerprint density at radius 3 is 1.44 bits per heavy atom. The van der Waals surface area contributed by atoms with E-state index in [0.717, 1.165) is 6.92 Å². The van der Waals surface area contributed by atoms with E-state index >= 15 is 0 Å². The van der Waals surface area contributed by atoms with Crippen LogP contribution in [-0.2, 0) is 28.6 Å². The van der Waals surface area contributed by atoms with Crippen LogP contribution in [0.15, 0.2) is 0 Å². The van der Waals surface area contributed by atoms with Gasteiger partial charge in [-0.1, -0.05) is 6.92 Å². The lowest BCUT2D eigenvalue weighted by atomic mass is 10.0. The molecule has 212 valence electrons. The maximum atomic E-state index is 13.8. The van der Waals surface area contributed by atoms with E-state index in [2.05, 4.69) is 14.2 Å². The number of hydrogen-bond donors (Lipinski definition) is 0. The van der Waals surface area contributed by atoms with Gasteiger partial charge in [0.15, 0.2) is 0 Å². The Hall–Kier alpha value is -2.50. The molecular formula is C17H17F13O6. The number of rotatable bonds is 10. The lowest BCUT2D eigenvalue weighted by Gasteiger charge is -2.26. The first-order valence-electron chi connectivity index (χ1n) is 9.37. The fraction of sp³-hybridized carbons (Fsp3) is 0.824. The molecule has 0 spiro atoms. The summed E-state index contributed by atoms with van der Waals surface area (Å²) in [5, 5.41) is 0. The molecule has 0 heterocycles. The predicted molar refractivity (Wildman–Crippen MR) is 87.5 cm³/mol. The molecule has 0 radical (unpaired) electrons. The first kappa shape index (κ1) is 33.5. The maximum absolute atomic E-state index is 13.8. The van der Waals surface area contributed by atoms with Gasteiger partial charge in [0.25, 0.3) is 12.2 Å². The van der Waals surface area contributed by atoms with Crippen LogP contribution in [0.4, 0.5) is 57.1 Å². The molecule has 0 aromatic rings. The van der Waals surface area contributed by atoms with Crippen LogP contribution in [0.2, 0.25) is 0 Å². The van der Waals surface area contributed by atoms with Crippen molar-refractivity contribution in [2.75, 3.05) is 6.61 Å². The largest absolute Gasteiger partial charge is 0.463 e. The zero-order valence-electron chi connectivity index (χ0n) is 17.9. The average Bonchev–Trinajstić information content (AvgIpc) is 2.65. The molecule has 0 aliphatic carbocycles. The summed E-state index contributed by atoms with van der Waals surface area (Å²) in [6.07, 6.45) is -38.2. The van der Waals surface area contributed by atoms with Crippen molar-refractivity contribution in [1.82, 2.24) is 0 Å². The van der Waals surface area contributed by atoms with E-state index in [0.29, 0.717) is 6.92 Å². The van der Waals surface area contributed by atoms with Crippen molar-refractivity contribution in [3.8, 4) is 0 Å². The summed E-state index contributed by atoms with van der Waals surface area (Å²) < 4.78 is 175. The van der Waals surface area contributed by atoms with Crippen LogP contribution in [0.25, 0.3) is 0 Å². The van der Waals surface area contributed by atoms with Crippen molar-refractivity contribution in [2.45, 2.75) is 75.7 Å². The Labute approximate surface area is 193 Å². The fourth-order valence-corrected chi connectivity index (χ4v) is 2.12. The first-order chi connectivity index (χ1) is 15.8. The molecular weight excluding hydrogens is 547 g/mol. The minimum atomic E-state index is -6.26. The molecule has 0 aliphatic heterocycles. The number of alkyl halides is 13. The Morgan fingerprint density at radius 1 is 0.694 bits per heavy atom. The third-order valence-corrected chi connectivity index (χ3v) is 4.21. The van der Waals surface area contributed by atoms with E-state index in [4.69, 9.17) is 0 Å². The minimum Gasteiger partial charge on any atom is -0.463 e. The topological polar surface area (TPSA) is 78.9 Å². The van der Waals surface area contributed by atoms with E-state index in [-0.39, 0.29) is 0 Å². The molecule has 0 N–H and O–H groups in total. The van der Waals surface area contributed by atoms with Gasteiger partial charge in [-0.2, -0.15) is 52.7 Å². The second-order valence-corrected chi connectivity index (χ2v) is 7.23. The van der Waals surface area contributed by atoms with Gasteiger partial charge >= 0.3 is 42.6 Å². The summed E-state index contributed by atoms with van der Waals surface area (Å²) in [6.45, 7) is 0.643. The molecule has 36 heavy (non-hydrogen) atoms. The molecule has 0 aromatic carbocycles. The number of esters is 3. The molecule has 2 unspecified atom stereocenters. The highest BCUT2D eigenvalue weighted by molar-refractivity contribution is 5.81. The summed E-state index contributed by atoms with van der Waals surface area (Å²) in [5.74, 6) is -9.36.